The number of aryl methyl sites for hydroxylation is 2. The highest BCUT2D eigenvalue weighted by Gasteiger charge is 2.30. The van der Waals surface area contributed by atoms with Crippen LogP contribution >= 0.6 is 11.3 Å². The van der Waals surface area contributed by atoms with Gasteiger partial charge in [0.25, 0.3) is 5.91 Å². The van der Waals surface area contributed by atoms with Crippen molar-refractivity contribution in [3.63, 3.8) is 0 Å². The third-order valence-corrected chi connectivity index (χ3v) is 4.46. The second kappa shape index (κ2) is 5.34. The van der Waals surface area contributed by atoms with E-state index in [2.05, 4.69) is 15.5 Å². The van der Waals surface area contributed by atoms with Crippen molar-refractivity contribution in [3.05, 3.63) is 46.2 Å². The average Bonchev–Trinajstić information content (AvgIpc) is 3.00. The van der Waals surface area contributed by atoms with Gasteiger partial charge < -0.3 is 5.32 Å². The largest absolute Gasteiger partial charge is 0.416 e. The number of carbonyl (C=O) groups excluding carboxylic acids is 1. The smallest absolute Gasteiger partial charge is 0.321 e. The Bertz CT molecular complexity index is 880. The topological polar surface area (TPSA) is 59.3 Å². The number of nitrogens with one attached hydrogen (secondary N) is 1. The Hall–Kier alpha value is -2.42. The summed E-state index contributed by atoms with van der Waals surface area (Å²) in [5.74, 6) is 0.277. The fraction of sp³-hybridized carbons (Fsp3) is 0.214. The van der Waals surface area contributed by atoms with Crippen LogP contribution < -0.4 is 5.32 Å². The highest BCUT2D eigenvalue weighted by molar-refractivity contribution is 7.19. The molecule has 23 heavy (non-hydrogen) atoms. The number of hydrogen-bond donors (Lipinski definition) is 1. The van der Waals surface area contributed by atoms with Gasteiger partial charge in [-0.1, -0.05) is 11.3 Å². The van der Waals surface area contributed by atoms with Gasteiger partial charge in [0, 0.05) is 11.4 Å². The zero-order valence-electron chi connectivity index (χ0n) is 12.1. The van der Waals surface area contributed by atoms with Crippen LogP contribution in [-0.2, 0) is 6.18 Å². The Balaban J connectivity index is 1.84. The fourth-order valence-corrected chi connectivity index (χ4v) is 3.21. The van der Waals surface area contributed by atoms with Crippen molar-refractivity contribution in [1.82, 2.24) is 14.6 Å². The van der Waals surface area contributed by atoms with Crippen LogP contribution in [0.4, 0.5) is 18.9 Å². The van der Waals surface area contributed by atoms with E-state index in [4.69, 9.17) is 0 Å². The molecule has 3 aromatic rings. The molecule has 0 aliphatic carbocycles. The third kappa shape index (κ3) is 2.79. The number of hydrogen-bond acceptors (Lipinski definition) is 4. The standard InChI is InChI=1S/C14H11F3N4OS/c1-7-11(23-13-20-19-8(2)21(7)13)12(22)18-10-5-3-9(4-6-10)14(15,16)17/h3-6H,1-2H3,(H,18,22). The monoisotopic (exact) mass is 340 g/mol. The number of nitrogens with zero attached hydrogens (tertiary/aromatic N) is 3. The Morgan fingerprint density at radius 1 is 1.17 bits per heavy atom. The number of thiazole rings is 1. The van der Waals surface area contributed by atoms with Crippen molar-refractivity contribution in [2.75, 3.05) is 5.32 Å². The van der Waals surface area contributed by atoms with Crippen LogP contribution in [0.3, 0.4) is 0 Å². The molecule has 120 valence electrons. The van der Waals surface area contributed by atoms with E-state index in [9.17, 15) is 18.0 Å². The average molecular weight is 340 g/mol. The van der Waals surface area contributed by atoms with Crippen molar-refractivity contribution in [1.29, 1.82) is 0 Å². The van der Waals surface area contributed by atoms with E-state index in [1.807, 2.05) is 0 Å². The molecule has 1 N–H and O–H groups in total. The number of fused-ring (bicyclic) bond motifs is 1. The van der Waals surface area contributed by atoms with Gasteiger partial charge in [0.15, 0.2) is 0 Å². The predicted octanol–water partition coefficient (Wildman–Crippen LogP) is 3.68. The summed E-state index contributed by atoms with van der Waals surface area (Å²) >= 11 is 1.18. The fourth-order valence-electron chi connectivity index (χ4n) is 2.20. The summed E-state index contributed by atoms with van der Waals surface area (Å²) in [5, 5.41) is 10.5. The summed E-state index contributed by atoms with van der Waals surface area (Å²) in [6, 6.07) is 4.30. The number of rotatable bonds is 2. The number of benzene rings is 1. The van der Waals surface area contributed by atoms with Gasteiger partial charge in [-0.25, -0.2) is 0 Å². The van der Waals surface area contributed by atoms with Crippen LogP contribution in [0.2, 0.25) is 0 Å². The maximum atomic E-state index is 12.5. The van der Waals surface area contributed by atoms with Crippen molar-refractivity contribution in [2.24, 2.45) is 0 Å². The van der Waals surface area contributed by atoms with E-state index in [1.165, 1.54) is 23.5 Å². The number of halogens is 3. The van der Waals surface area contributed by atoms with E-state index in [1.54, 1.807) is 18.2 Å². The maximum absolute atomic E-state index is 12.5. The van der Waals surface area contributed by atoms with Gasteiger partial charge in [-0.15, -0.1) is 10.2 Å². The molecule has 5 nitrogen and oxygen atoms in total. The lowest BCUT2D eigenvalue weighted by atomic mass is 10.2. The van der Waals surface area contributed by atoms with Gasteiger partial charge in [0.05, 0.1) is 5.56 Å². The van der Waals surface area contributed by atoms with E-state index in [-0.39, 0.29) is 0 Å². The molecule has 9 heteroatoms. The van der Waals surface area contributed by atoms with E-state index in [0.29, 0.717) is 27.0 Å². The molecule has 0 unspecified atom stereocenters. The van der Waals surface area contributed by atoms with E-state index < -0.39 is 17.6 Å². The molecule has 0 fully saturated rings. The van der Waals surface area contributed by atoms with Gasteiger partial charge in [-0.2, -0.15) is 13.2 Å². The Labute approximate surface area is 132 Å². The molecule has 0 aliphatic rings. The first kappa shape index (κ1) is 15.5. The predicted molar refractivity (Wildman–Crippen MR) is 79.7 cm³/mol. The summed E-state index contributed by atoms with van der Waals surface area (Å²) in [7, 11) is 0. The van der Waals surface area contributed by atoms with Crippen molar-refractivity contribution >= 4 is 27.9 Å². The van der Waals surface area contributed by atoms with E-state index >= 15 is 0 Å². The SMILES string of the molecule is Cc1nnc2sc(C(=O)Nc3ccc(C(F)(F)F)cc3)c(C)n12. The molecule has 2 heterocycles. The summed E-state index contributed by atoms with van der Waals surface area (Å²) in [6.07, 6.45) is -4.40. The zero-order chi connectivity index (χ0) is 16.8. The number of carbonyl (C=O) groups is 1. The minimum atomic E-state index is -4.40. The molecule has 0 aliphatic heterocycles. The van der Waals surface area contributed by atoms with Crippen LogP contribution in [0.1, 0.15) is 26.8 Å². The molecule has 0 spiro atoms. The van der Waals surface area contributed by atoms with Gasteiger partial charge in [-0.3, -0.25) is 9.20 Å². The normalized spacial score (nSPS) is 11.9. The lowest BCUT2D eigenvalue weighted by molar-refractivity contribution is -0.137. The van der Waals surface area contributed by atoms with E-state index in [0.717, 1.165) is 12.1 Å². The van der Waals surface area contributed by atoms with Crippen LogP contribution in [-0.4, -0.2) is 20.5 Å². The molecule has 3 rings (SSSR count). The van der Waals surface area contributed by atoms with Crippen molar-refractivity contribution in [2.45, 2.75) is 20.0 Å². The molecule has 0 saturated heterocycles. The number of amides is 1. The lowest BCUT2D eigenvalue weighted by Gasteiger charge is -2.08. The maximum Gasteiger partial charge on any atom is 0.416 e. The summed E-state index contributed by atoms with van der Waals surface area (Å²) in [6.45, 7) is 3.54. The number of aromatic nitrogens is 3. The van der Waals surface area contributed by atoms with Gasteiger partial charge in [0.2, 0.25) is 4.96 Å². The first-order valence-corrected chi connectivity index (χ1v) is 7.39. The lowest BCUT2D eigenvalue weighted by Crippen LogP contribution is -2.12. The molecule has 0 bridgehead atoms. The first-order chi connectivity index (χ1) is 10.8. The third-order valence-electron chi connectivity index (χ3n) is 3.33. The van der Waals surface area contributed by atoms with Crippen LogP contribution in [0.5, 0.6) is 0 Å². The summed E-state index contributed by atoms with van der Waals surface area (Å²) < 4.78 is 39.3. The molecule has 2 aromatic heterocycles. The first-order valence-electron chi connectivity index (χ1n) is 6.57. The van der Waals surface area contributed by atoms with Gasteiger partial charge in [0.1, 0.15) is 10.7 Å². The molecule has 1 amide bonds. The molecule has 0 radical (unpaired) electrons. The Kier molecular flexibility index (Phi) is 3.59. The quantitative estimate of drug-likeness (QED) is 0.774. The van der Waals surface area contributed by atoms with Crippen LogP contribution in [0.15, 0.2) is 24.3 Å². The molecular formula is C14H11F3N4OS. The van der Waals surface area contributed by atoms with Crippen molar-refractivity contribution < 1.29 is 18.0 Å². The molecule has 0 saturated carbocycles. The highest BCUT2D eigenvalue weighted by Crippen LogP contribution is 2.30. The van der Waals surface area contributed by atoms with Crippen molar-refractivity contribution in [3.8, 4) is 0 Å². The Morgan fingerprint density at radius 3 is 2.39 bits per heavy atom. The second-order valence-corrected chi connectivity index (χ2v) is 5.89. The number of anilines is 1. The minimum Gasteiger partial charge on any atom is -0.321 e. The highest BCUT2D eigenvalue weighted by atomic mass is 32.1. The number of alkyl halides is 3. The second-order valence-electron chi connectivity index (χ2n) is 4.91. The summed E-state index contributed by atoms with van der Waals surface area (Å²) in [5.41, 5.74) is 0.225. The van der Waals surface area contributed by atoms with Gasteiger partial charge >= 0.3 is 6.18 Å². The van der Waals surface area contributed by atoms with Crippen LogP contribution in [0, 0.1) is 13.8 Å². The molecule has 1 aromatic carbocycles. The van der Waals surface area contributed by atoms with Crippen LogP contribution in [0.25, 0.3) is 4.96 Å². The zero-order valence-corrected chi connectivity index (χ0v) is 12.9. The minimum absolute atomic E-state index is 0.295. The van der Waals surface area contributed by atoms with Gasteiger partial charge in [-0.05, 0) is 38.1 Å². The molecular weight excluding hydrogens is 329 g/mol. The Morgan fingerprint density at radius 2 is 1.83 bits per heavy atom. The molecule has 0 atom stereocenters. The summed E-state index contributed by atoms with van der Waals surface area (Å²) in [4.78, 5) is 13.3.